The third-order valence-corrected chi connectivity index (χ3v) is 10.1. The predicted octanol–water partition coefficient (Wildman–Crippen LogP) is 6.08. The number of ketones is 1. The molecule has 5 rings (SSSR count). The van der Waals surface area contributed by atoms with Gasteiger partial charge in [0.15, 0.2) is 5.78 Å². The zero-order valence-electron chi connectivity index (χ0n) is 23.6. The van der Waals surface area contributed by atoms with E-state index in [0.29, 0.717) is 29.3 Å². The number of carbonyl (C=O) groups is 3. The highest BCUT2D eigenvalue weighted by atomic mass is 19.1. The molecule has 3 aliphatic rings. The van der Waals surface area contributed by atoms with Gasteiger partial charge in [0.1, 0.15) is 5.58 Å². The van der Waals surface area contributed by atoms with E-state index in [-0.39, 0.29) is 54.4 Å². The van der Waals surface area contributed by atoms with Crippen LogP contribution in [0.25, 0.3) is 11.0 Å². The maximum Gasteiger partial charge on any atom is 0.371 e. The van der Waals surface area contributed by atoms with Gasteiger partial charge in [-0.3, -0.25) is 14.0 Å². The van der Waals surface area contributed by atoms with Crippen molar-refractivity contribution in [3.8, 4) is 0 Å². The third-order valence-electron chi connectivity index (χ3n) is 10.1. The van der Waals surface area contributed by atoms with Gasteiger partial charge in [0.05, 0.1) is 18.8 Å². The average Bonchev–Trinajstić information content (AvgIpc) is 3.61. The average molecular weight is 556 g/mol. The summed E-state index contributed by atoms with van der Waals surface area (Å²) in [4.78, 5) is 41.1. The van der Waals surface area contributed by atoms with E-state index >= 15 is 0 Å². The molecule has 0 spiro atoms. The molecule has 1 aromatic heterocycles. The Bertz CT molecular complexity index is 1210. The standard InChI is InChI=1S/C32H42FNO6/c1-19(18-33)21-4-6-23(7-5-21)31(36)34-14-13-26(22-8-10-25(39-2)11-9-22)30(34)27(35)16-20-3-12-28-24(15-20)17-29(40-28)32(37)38/h3,12,15,17,19,21-23,25-26,30H,4-11,13-14,16,18H2,1-2H3,(H,37,38)/t19?,21?,22?,23?,25?,26-,30-/m0/s1. The lowest BCUT2D eigenvalue weighted by Crippen LogP contribution is -2.48. The van der Waals surface area contributed by atoms with Crippen LogP contribution in [-0.4, -0.2) is 60.1 Å². The van der Waals surface area contributed by atoms with Gasteiger partial charge in [0.2, 0.25) is 11.7 Å². The number of hydrogen-bond donors (Lipinski definition) is 1. The van der Waals surface area contributed by atoms with Crippen LogP contribution in [-0.2, 0) is 20.7 Å². The maximum atomic E-state index is 14.0. The molecule has 2 aliphatic carbocycles. The first-order chi connectivity index (χ1) is 19.3. The molecule has 40 heavy (non-hydrogen) atoms. The number of fused-ring (bicyclic) bond motifs is 1. The number of methoxy groups -OCH3 is 1. The van der Waals surface area contributed by atoms with Crippen molar-refractivity contribution in [2.24, 2.45) is 29.6 Å². The number of carboxylic acids is 1. The quantitative estimate of drug-likeness (QED) is 0.403. The van der Waals surface area contributed by atoms with Gasteiger partial charge in [-0.1, -0.05) is 13.0 Å². The van der Waals surface area contributed by atoms with Crippen molar-refractivity contribution in [1.82, 2.24) is 4.90 Å². The number of aromatic carboxylic acids is 1. The summed E-state index contributed by atoms with van der Waals surface area (Å²) >= 11 is 0. The van der Waals surface area contributed by atoms with Crippen LogP contribution in [0.3, 0.4) is 0 Å². The number of Topliss-reactive ketones (excluding diaryl/α,β-unsaturated/α-hetero) is 1. The van der Waals surface area contributed by atoms with Crippen LogP contribution in [0.4, 0.5) is 4.39 Å². The fraction of sp³-hybridized carbons (Fsp3) is 0.656. The summed E-state index contributed by atoms with van der Waals surface area (Å²) in [6.45, 7) is 2.24. The highest BCUT2D eigenvalue weighted by molar-refractivity contribution is 5.94. The molecule has 1 aliphatic heterocycles. The minimum absolute atomic E-state index is 0.0305. The Hall–Kier alpha value is -2.74. The van der Waals surface area contributed by atoms with Crippen LogP contribution >= 0.6 is 0 Å². The summed E-state index contributed by atoms with van der Waals surface area (Å²) in [6, 6.07) is 6.36. The number of furan rings is 1. The molecule has 3 fully saturated rings. The number of alkyl halides is 1. The molecule has 7 nitrogen and oxygen atoms in total. The lowest BCUT2D eigenvalue weighted by molar-refractivity contribution is -0.143. The number of carbonyl (C=O) groups excluding carboxylic acids is 2. The molecule has 8 heteroatoms. The Morgan fingerprint density at radius 2 is 1.77 bits per heavy atom. The molecule has 2 aromatic rings. The lowest BCUT2D eigenvalue weighted by Gasteiger charge is -2.37. The molecule has 0 bridgehead atoms. The smallest absolute Gasteiger partial charge is 0.371 e. The number of nitrogens with zero attached hydrogens (tertiary/aromatic N) is 1. The van der Waals surface area contributed by atoms with E-state index in [9.17, 15) is 23.9 Å². The van der Waals surface area contributed by atoms with Crippen LogP contribution in [0.5, 0.6) is 0 Å². The van der Waals surface area contributed by atoms with Crippen LogP contribution in [0, 0.1) is 29.6 Å². The summed E-state index contributed by atoms with van der Waals surface area (Å²) < 4.78 is 24.2. The van der Waals surface area contributed by atoms with Crippen LogP contribution in [0.15, 0.2) is 28.7 Å². The van der Waals surface area contributed by atoms with E-state index < -0.39 is 12.0 Å². The third kappa shape index (κ3) is 5.97. The van der Waals surface area contributed by atoms with Gasteiger partial charge in [-0.25, -0.2) is 4.79 Å². The van der Waals surface area contributed by atoms with Gasteiger partial charge in [-0.05, 0) is 105 Å². The zero-order valence-corrected chi connectivity index (χ0v) is 23.6. The summed E-state index contributed by atoms with van der Waals surface area (Å²) in [7, 11) is 1.76. The van der Waals surface area contributed by atoms with Crippen molar-refractivity contribution >= 4 is 28.6 Å². The van der Waals surface area contributed by atoms with Crippen LogP contribution < -0.4 is 0 Å². The minimum atomic E-state index is -1.13. The molecule has 1 unspecified atom stereocenters. The fourth-order valence-corrected chi connectivity index (χ4v) is 7.63. The van der Waals surface area contributed by atoms with Crippen molar-refractivity contribution < 1.29 is 33.0 Å². The van der Waals surface area contributed by atoms with Crippen LogP contribution in [0.2, 0.25) is 0 Å². The lowest BCUT2D eigenvalue weighted by atomic mass is 9.74. The second kappa shape index (κ2) is 12.4. The summed E-state index contributed by atoms with van der Waals surface area (Å²) in [6.07, 6.45) is 8.49. The Kier molecular flexibility index (Phi) is 8.93. The molecule has 1 N–H and O–H groups in total. The molecular weight excluding hydrogens is 513 g/mol. The van der Waals surface area contributed by atoms with E-state index in [2.05, 4.69) is 0 Å². The number of hydrogen-bond acceptors (Lipinski definition) is 5. The zero-order chi connectivity index (χ0) is 28.4. The second-order valence-electron chi connectivity index (χ2n) is 12.4. The number of amides is 1. The molecule has 1 amide bonds. The number of ether oxygens (including phenoxy) is 1. The number of halogens is 1. The summed E-state index contributed by atoms with van der Waals surface area (Å²) in [5.41, 5.74) is 1.26. The van der Waals surface area contributed by atoms with E-state index in [1.807, 2.05) is 24.0 Å². The van der Waals surface area contributed by atoms with E-state index in [1.165, 1.54) is 6.07 Å². The van der Waals surface area contributed by atoms with Crippen molar-refractivity contribution in [2.45, 2.75) is 83.3 Å². The first-order valence-corrected chi connectivity index (χ1v) is 15.0. The normalized spacial score (nSPS) is 29.9. The topological polar surface area (TPSA) is 97.0 Å². The fourth-order valence-electron chi connectivity index (χ4n) is 7.63. The van der Waals surface area contributed by atoms with Crippen molar-refractivity contribution in [3.63, 3.8) is 0 Å². The Morgan fingerprint density at radius 1 is 1.05 bits per heavy atom. The monoisotopic (exact) mass is 555 g/mol. The highest BCUT2D eigenvalue weighted by Gasteiger charge is 2.47. The Balaban J connectivity index is 1.34. The summed E-state index contributed by atoms with van der Waals surface area (Å²) in [5, 5.41) is 9.91. The van der Waals surface area contributed by atoms with Gasteiger partial charge in [0.25, 0.3) is 0 Å². The van der Waals surface area contributed by atoms with E-state index in [0.717, 1.165) is 63.4 Å². The number of rotatable bonds is 9. The molecule has 0 radical (unpaired) electrons. The van der Waals surface area contributed by atoms with Gasteiger partial charge in [-0.15, -0.1) is 0 Å². The van der Waals surface area contributed by atoms with Crippen molar-refractivity contribution in [1.29, 1.82) is 0 Å². The van der Waals surface area contributed by atoms with Crippen molar-refractivity contribution in [2.75, 3.05) is 20.3 Å². The number of carboxylic acid groups (broad SMARTS) is 1. The molecular formula is C32H42FNO6. The minimum Gasteiger partial charge on any atom is -0.475 e. The highest BCUT2D eigenvalue weighted by Crippen LogP contribution is 2.42. The first-order valence-electron chi connectivity index (χ1n) is 15.0. The Morgan fingerprint density at radius 3 is 2.42 bits per heavy atom. The molecule has 2 heterocycles. The molecule has 3 atom stereocenters. The maximum absolute atomic E-state index is 14.0. The van der Waals surface area contributed by atoms with Gasteiger partial charge < -0.3 is 19.2 Å². The Labute approximate surface area is 235 Å². The largest absolute Gasteiger partial charge is 0.475 e. The molecule has 2 saturated carbocycles. The first kappa shape index (κ1) is 28.8. The number of benzene rings is 1. The van der Waals surface area contributed by atoms with E-state index in [4.69, 9.17) is 9.15 Å². The van der Waals surface area contributed by atoms with Crippen LogP contribution in [0.1, 0.15) is 80.8 Å². The molecule has 1 aromatic carbocycles. The molecule has 218 valence electrons. The van der Waals surface area contributed by atoms with Crippen molar-refractivity contribution in [3.05, 3.63) is 35.6 Å². The number of likely N-dealkylation sites (tertiary alicyclic amines) is 1. The SMILES string of the molecule is COC1CCC([C@@H]2CCN(C(=O)C3CCC(C(C)CF)CC3)[C@@H]2C(=O)Cc2ccc3oc(C(=O)O)cc3c2)CC1. The van der Waals surface area contributed by atoms with Gasteiger partial charge >= 0.3 is 5.97 Å². The van der Waals surface area contributed by atoms with E-state index in [1.54, 1.807) is 13.2 Å². The summed E-state index contributed by atoms with van der Waals surface area (Å²) in [5.74, 6) is -0.349. The van der Waals surface area contributed by atoms with Gasteiger partial charge in [-0.2, -0.15) is 0 Å². The molecule has 1 saturated heterocycles. The second-order valence-corrected chi connectivity index (χ2v) is 12.4. The van der Waals surface area contributed by atoms with Gasteiger partial charge in [0, 0.05) is 31.4 Å². The predicted molar refractivity (Wildman–Crippen MR) is 149 cm³/mol.